The lowest BCUT2D eigenvalue weighted by Crippen LogP contribution is -2.33. The van der Waals surface area contributed by atoms with Crippen LogP contribution < -0.4 is 16.0 Å². The van der Waals surface area contributed by atoms with Gasteiger partial charge in [-0.3, -0.25) is 9.59 Å². The molecule has 2 aromatic carbocycles. The topological polar surface area (TPSA) is 96.0 Å². The Morgan fingerprint density at radius 2 is 1.72 bits per heavy atom. The number of rotatable bonds is 6. The Morgan fingerprint density at radius 3 is 2.34 bits per heavy atom. The van der Waals surface area contributed by atoms with Crippen LogP contribution in [0.25, 0.3) is 11.3 Å². The molecule has 11 heteroatoms. The molecule has 0 saturated carbocycles. The number of benzene rings is 2. The van der Waals surface area contributed by atoms with Gasteiger partial charge in [0.2, 0.25) is 5.95 Å². The van der Waals surface area contributed by atoms with Crippen molar-refractivity contribution in [1.82, 2.24) is 20.6 Å². The standard InChI is InChI=1S/C21H17F4N5O2/c1-26-19(32)15-7-6-14(10-16(15)22)29-20-27-9-8-17(30-20)12-2-4-13(5-3-12)18(31)28-11-21(23,24)25/h2-10H,11H2,1H3,(H,26,32)(H,28,31)(H,27,29,30). The lowest BCUT2D eigenvalue weighted by molar-refractivity contribution is -0.123. The van der Waals surface area contributed by atoms with Gasteiger partial charge in [0.15, 0.2) is 0 Å². The van der Waals surface area contributed by atoms with E-state index in [9.17, 15) is 27.2 Å². The third-order valence-corrected chi connectivity index (χ3v) is 4.24. The third-order valence-electron chi connectivity index (χ3n) is 4.24. The van der Waals surface area contributed by atoms with Crippen molar-refractivity contribution in [1.29, 1.82) is 0 Å². The molecule has 0 fully saturated rings. The predicted molar refractivity (Wildman–Crippen MR) is 109 cm³/mol. The van der Waals surface area contributed by atoms with Crippen molar-refractivity contribution in [3.8, 4) is 11.3 Å². The first-order valence-corrected chi connectivity index (χ1v) is 9.23. The molecule has 32 heavy (non-hydrogen) atoms. The van der Waals surface area contributed by atoms with E-state index in [-0.39, 0.29) is 17.1 Å². The molecule has 0 aliphatic heterocycles. The molecular formula is C21H17F4N5O2. The van der Waals surface area contributed by atoms with E-state index in [1.165, 1.54) is 49.6 Å². The number of anilines is 2. The molecule has 0 bridgehead atoms. The summed E-state index contributed by atoms with van der Waals surface area (Å²) in [6.45, 7) is -1.42. The minimum absolute atomic E-state index is 0.0667. The van der Waals surface area contributed by atoms with Gasteiger partial charge < -0.3 is 16.0 Å². The van der Waals surface area contributed by atoms with E-state index in [4.69, 9.17) is 0 Å². The zero-order valence-corrected chi connectivity index (χ0v) is 16.6. The highest BCUT2D eigenvalue weighted by molar-refractivity contribution is 5.95. The summed E-state index contributed by atoms with van der Waals surface area (Å²) in [7, 11) is 1.40. The number of nitrogens with one attached hydrogen (secondary N) is 3. The summed E-state index contributed by atoms with van der Waals surface area (Å²) in [5.41, 5.74) is 1.34. The van der Waals surface area contributed by atoms with E-state index in [1.54, 1.807) is 11.4 Å². The number of hydrogen-bond donors (Lipinski definition) is 3. The molecular weight excluding hydrogens is 430 g/mol. The number of halogens is 4. The number of nitrogens with zero attached hydrogens (tertiary/aromatic N) is 2. The van der Waals surface area contributed by atoms with Gasteiger partial charge >= 0.3 is 6.18 Å². The first-order chi connectivity index (χ1) is 15.2. The lowest BCUT2D eigenvalue weighted by atomic mass is 10.1. The van der Waals surface area contributed by atoms with Crippen LogP contribution in [0.3, 0.4) is 0 Å². The molecule has 1 aromatic heterocycles. The highest BCUT2D eigenvalue weighted by Crippen LogP contribution is 2.22. The molecule has 0 radical (unpaired) electrons. The average molecular weight is 447 g/mol. The smallest absolute Gasteiger partial charge is 0.355 e. The number of amides is 2. The monoisotopic (exact) mass is 447 g/mol. The van der Waals surface area contributed by atoms with Gasteiger partial charge in [-0.2, -0.15) is 13.2 Å². The van der Waals surface area contributed by atoms with Gasteiger partial charge in [-0.1, -0.05) is 12.1 Å². The number of carbonyl (C=O) groups excluding carboxylic acids is 2. The zero-order valence-electron chi connectivity index (χ0n) is 16.6. The van der Waals surface area contributed by atoms with Crippen LogP contribution in [0, 0.1) is 5.82 Å². The second-order valence-corrected chi connectivity index (χ2v) is 6.54. The third kappa shape index (κ3) is 5.78. The lowest BCUT2D eigenvalue weighted by Gasteiger charge is -2.10. The molecule has 0 saturated heterocycles. The Labute approximate surface area is 179 Å². The Bertz CT molecular complexity index is 1130. The second kappa shape index (κ2) is 9.41. The van der Waals surface area contributed by atoms with Crippen LogP contribution in [0.2, 0.25) is 0 Å². The van der Waals surface area contributed by atoms with Crippen LogP contribution in [-0.4, -0.2) is 41.6 Å². The van der Waals surface area contributed by atoms with Crippen molar-refractivity contribution in [3.05, 3.63) is 71.7 Å². The quantitative estimate of drug-likeness (QED) is 0.501. The number of aromatic nitrogens is 2. The Morgan fingerprint density at radius 1 is 1.00 bits per heavy atom. The molecule has 0 aliphatic carbocycles. The van der Waals surface area contributed by atoms with Crippen LogP contribution in [0.5, 0.6) is 0 Å². The van der Waals surface area contributed by atoms with Crippen molar-refractivity contribution in [2.24, 2.45) is 0 Å². The molecule has 3 N–H and O–H groups in total. The van der Waals surface area contributed by atoms with Crippen LogP contribution in [0.4, 0.5) is 29.2 Å². The summed E-state index contributed by atoms with van der Waals surface area (Å²) in [6.07, 6.45) is -3.03. The molecule has 0 atom stereocenters. The van der Waals surface area contributed by atoms with Crippen LogP contribution in [0.15, 0.2) is 54.7 Å². The maximum Gasteiger partial charge on any atom is 0.405 e. The molecule has 7 nitrogen and oxygen atoms in total. The molecule has 3 aromatic rings. The Hall–Kier alpha value is -4.02. The van der Waals surface area contributed by atoms with Crippen LogP contribution >= 0.6 is 0 Å². The summed E-state index contributed by atoms with van der Waals surface area (Å²) < 4.78 is 50.8. The summed E-state index contributed by atoms with van der Waals surface area (Å²) in [4.78, 5) is 31.8. The summed E-state index contributed by atoms with van der Waals surface area (Å²) >= 11 is 0. The van der Waals surface area contributed by atoms with Gasteiger partial charge in [-0.05, 0) is 36.4 Å². The van der Waals surface area contributed by atoms with Crippen molar-refractivity contribution >= 4 is 23.5 Å². The summed E-state index contributed by atoms with van der Waals surface area (Å²) in [6, 6.07) is 11.4. The highest BCUT2D eigenvalue weighted by atomic mass is 19.4. The summed E-state index contributed by atoms with van der Waals surface area (Å²) in [5, 5.41) is 6.98. The Kier molecular flexibility index (Phi) is 6.67. The van der Waals surface area contributed by atoms with Gasteiger partial charge in [0.25, 0.3) is 11.8 Å². The first kappa shape index (κ1) is 22.7. The number of alkyl halides is 3. The number of hydrogen-bond acceptors (Lipinski definition) is 5. The SMILES string of the molecule is CNC(=O)c1ccc(Nc2nccc(-c3ccc(C(=O)NCC(F)(F)F)cc3)n2)cc1F. The molecule has 0 unspecified atom stereocenters. The second-order valence-electron chi connectivity index (χ2n) is 6.54. The fraction of sp³-hybridized carbons (Fsp3) is 0.143. The van der Waals surface area contributed by atoms with Crippen molar-refractivity contribution in [2.45, 2.75) is 6.18 Å². The average Bonchev–Trinajstić information content (AvgIpc) is 2.77. The summed E-state index contributed by atoms with van der Waals surface area (Å²) in [5.74, 6) is -1.96. The van der Waals surface area contributed by atoms with E-state index < -0.39 is 30.4 Å². The molecule has 166 valence electrons. The van der Waals surface area contributed by atoms with E-state index in [2.05, 4.69) is 20.6 Å². The van der Waals surface area contributed by atoms with Gasteiger partial charge in [-0.15, -0.1) is 0 Å². The maximum atomic E-state index is 14.1. The first-order valence-electron chi connectivity index (χ1n) is 9.23. The van der Waals surface area contributed by atoms with Gasteiger partial charge in [0, 0.05) is 30.1 Å². The van der Waals surface area contributed by atoms with Crippen molar-refractivity contribution in [2.75, 3.05) is 18.9 Å². The van der Waals surface area contributed by atoms with Gasteiger partial charge in [-0.25, -0.2) is 14.4 Å². The molecule has 0 aliphatic rings. The predicted octanol–water partition coefficient (Wildman–Crippen LogP) is 3.68. The fourth-order valence-electron chi connectivity index (χ4n) is 2.70. The van der Waals surface area contributed by atoms with Crippen LogP contribution in [-0.2, 0) is 0 Å². The molecule has 1 heterocycles. The van der Waals surface area contributed by atoms with E-state index in [1.807, 2.05) is 0 Å². The zero-order chi connectivity index (χ0) is 23.3. The van der Waals surface area contributed by atoms with E-state index in [0.717, 1.165) is 6.07 Å². The van der Waals surface area contributed by atoms with Crippen LogP contribution in [0.1, 0.15) is 20.7 Å². The maximum absolute atomic E-state index is 14.1. The Balaban J connectivity index is 1.73. The highest BCUT2D eigenvalue weighted by Gasteiger charge is 2.27. The molecule has 2 amide bonds. The van der Waals surface area contributed by atoms with Gasteiger partial charge in [0.05, 0.1) is 11.3 Å². The van der Waals surface area contributed by atoms with E-state index >= 15 is 0 Å². The van der Waals surface area contributed by atoms with Crippen molar-refractivity contribution in [3.63, 3.8) is 0 Å². The normalized spacial score (nSPS) is 11.0. The fourth-order valence-corrected chi connectivity index (χ4v) is 2.70. The molecule has 3 rings (SSSR count). The largest absolute Gasteiger partial charge is 0.405 e. The van der Waals surface area contributed by atoms with Gasteiger partial charge in [0.1, 0.15) is 12.4 Å². The molecule has 0 spiro atoms. The van der Waals surface area contributed by atoms with Crippen molar-refractivity contribution < 1.29 is 27.2 Å². The number of carbonyl (C=O) groups is 2. The van der Waals surface area contributed by atoms with E-state index in [0.29, 0.717) is 16.9 Å². The minimum atomic E-state index is -4.49. The minimum Gasteiger partial charge on any atom is -0.355 e.